The maximum absolute atomic E-state index is 14.2. The quantitative estimate of drug-likeness (QED) is 0.925. The molecule has 1 unspecified atom stereocenters. The van der Waals surface area contributed by atoms with Gasteiger partial charge in [0.05, 0.1) is 7.11 Å². The highest BCUT2D eigenvalue weighted by Gasteiger charge is 2.33. The minimum absolute atomic E-state index is 0.121. The normalized spacial score (nSPS) is 13.0. The standard InChI is InChI=1S/C17H19F2NO/c1-17(2,11-7-5-4-6-8-11)16(20)15-13(18)9-12(21-3)10-14(15)19/h4-10,16H,20H2,1-3H3. The number of hydrogen-bond acceptors (Lipinski definition) is 2. The molecule has 2 nitrogen and oxygen atoms in total. The van der Waals surface area contributed by atoms with Crippen LogP contribution in [0, 0.1) is 11.6 Å². The summed E-state index contributed by atoms with van der Waals surface area (Å²) >= 11 is 0. The largest absolute Gasteiger partial charge is 0.497 e. The van der Waals surface area contributed by atoms with Gasteiger partial charge in [0.1, 0.15) is 17.4 Å². The minimum Gasteiger partial charge on any atom is -0.497 e. The van der Waals surface area contributed by atoms with Crippen molar-refractivity contribution in [3.8, 4) is 5.75 Å². The Morgan fingerprint density at radius 1 is 1.05 bits per heavy atom. The van der Waals surface area contributed by atoms with Gasteiger partial charge < -0.3 is 10.5 Å². The van der Waals surface area contributed by atoms with Gasteiger partial charge in [-0.05, 0) is 5.56 Å². The molecule has 0 aromatic heterocycles. The lowest BCUT2D eigenvalue weighted by molar-refractivity contribution is 0.378. The van der Waals surface area contributed by atoms with Crippen LogP contribution in [0.4, 0.5) is 8.78 Å². The Kier molecular flexibility index (Phi) is 4.28. The predicted octanol–water partition coefficient (Wildman–Crippen LogP) is 3.95. The molecule has 0 amide bonds. The zero-order chi connectivity index (χ0) is 15.6. The van der Waals surface area contributed by atoms with Gasteiger partial charge in [0.2, 0.25) is 0 Å². The summed E-state index contributed by atoms with van der Waals surface area (Å²) in [6, 6.07) is 10.9. The highest BCUT2D eigenvalue weighted by atomic mass is 19.1. The van der Waals surface area contributed by atoms with E-state index in [9.17, 15) is 8.78 Å². The number of ether oxygens (including phenoxy) is 1. The van der Waals surface area contributed by atoms with Crippen LogP contribution in [0.5, 0.6) is 5.75 Å². The molecule has 2 N–H and O–H groups in total. The van der Waals surface area contributed by atoms with Crippen molar-refractivity contribution in [1.82, 2.24) is 0 Å². The van der Waals surface area contributed by atoms with Crippen molar-refractivity contribution in [3.05, 3.63) is 65.2 Å². The molecular formula is C17H19F2NO. The first kappa shape index (κ1) is 15.4. The fourth-order valence-corrected chi connectivity index (χ4v) is 2.38. The first-order valence-corrected chi connectivity index (χ1v) is 6.72. The van der Waals surface area contributed by atoms with Gasteiger partial charge in [0, 0.05) is 29.2 Å². The second kappa shape index (κ2) is 5.82. The van der Waals surface area contributed by atoms with E-state index in [1.807, 2.05) is 44.2 Å². The maximum Gasteiger partial charge on any atom is 0.134 e. The predicted molar refractivity (Wildman–Crippen MR) is 79.3 cm³/mol. The van der Waals surface area contributed by atoms with Crippen LogP contribution in [0.15, 0.2) is 42.5 Å². The molecule has 0 fully saturated rings. The molecule has 21 heavy (non-hydrogen) atoms. The Labute approximate surface area is 123 Å². The second-order valence-corrected chi connectivity index (χ2v) is 5.57. The van der Waals surface area contributed by atoms with Crippen molar-refractivity contribution < 1.29 is 13.5 Å². The van der Waals surface area contributed by atoms with Crippen LogP contribution in [-0.4, -0.2) is 7.11 Å². The maximum atomic E-state index is 14.2. The highest BCUT2D eigenvalue weighted by molar-refractivity contribution is 5.37. The van der Waals surface area contributed by atoms with E-state index >= 15 is 0 Å². The molecule has 2 aromatic carbocycles. The lowest BCUT2D eigenvalue weighted by atomic mass is 9.75. The third kappa shape index (κ3) is 2.90. The fraction of sp³-hybridized carbons (Fsp3) is 0.294. The van der Waals surface area contributed by atoms with E-state index in [2.05, 4.69) is 0 Å². The molecule has 1 atom stereocenters. The smallest absolute Gasteiger partial charge is 0.134 e. The molecule has 0 spiro atoms. The van der Waals surface area contributed by atoms with Gasteiger partial charge >= 0.3 is 0 Å². The highest BCUT2D eigenvalue weighted by Crippen LogP contribution is 2.38. The van der Waals surface area contributed by atoms with Gasteiger partial charge in [-0.1, -0.05) is 44.2 Å². The van der Waals surface area contributed by atoms with Crippen molar-refractivity contribution in [2.75, 3.05) is 7.11 Å². The van der Waals surface area contributed by atoms with Crippen LogP contribution in [0.3, 0.4) is 0 Å². The van der Waals surface area contributed by atoms with Crippen molar-refractivity contribution in [2.24, 2.45) is 5.73 Å². The summed E-state index contributed by atoms with van der Waals surface area (Å²) < 4.78 is 33.2. The summed E-state index contributed by atoms with van der Waals surface area (Å²) in [6.07, 6.45) is 0. The van der Waals surface area contributed by atoms with Crippen LogP contribution < -0.4 is 10.5 Å². The van der Waals surface area contributed by atoms with Gasteiger partial charge in [0.25, 0.3) is 0 Å². The first-order chi connectivity index (χ1) is 9.87. The van der Waals surface area contributed by atoms with Crippen molar-refractivity contribution in [2.45, 2.75) is 25.3 Å². The number of nitrogens with two attached hydrogens (primary N) is 1. The third-order valence-corrected chi connectivity index (χ3v) is 3.89. The fourth-order valence-electron chi connectivity index (χ4n) is 2.38. The molecule has 0 aliphatic heterocycles. The lowest BCUT2D eigenvalue weighted by Gasteiger charge is -2.33. The number of hydrogen-bond donors (Lipinski definition) is 1. The Bertz CT molecular complexity index is 603. The summed E-state index contributed by atoms with van der Waals surface area (Å²) in [5.74, 6) is -1.25. The molecular weight excluding hydrogens is 272 g/mol. The van der Waals surface area contributed by atoms with E-state index < -0.39 is 23.1 Å². The molecule has 0 radical (unpaired) electrons. The van der Waals surface area contributed by atoms with E-state index in [1.165, 1.54) is 7.11 Å². The van der Waals surface area contributed by atoms with Gasteiger partial charge in [-0.3, -0.25) is 0 Å². The SMILES string of the molecule is COc1cc(F)c(C(N)C(C)(C)c2ccccc2)c(F)c1. The van der Waals surface area contributed by atoms with Crippen LogP contribution in [0.2, 0.25) is 0 Å². The number of halogens is 2. The van der Waals surface area contributed by atoms with Gasteiger partial charge in [-0.15, -0.1) is 0 Å². The van der Waals surface area contributed by atoms with E-state index in [0.717, 1.165) is 17.7 Å². The molecule has 2 rings (SSSR count). The Balaban J connectivity index is 2.47. The van der Waals surface area contributed by atoms with Crippen LogP contribution in [0.1, 0.15) is 31.0 Å². The van der Waals surface area contributed by atoms with Gasteiger partial charge in [0.15, 0.2) is 0 Å². The summed E-state index contributed by atoms with van der Waals surface area (Å²) in [7, 11) is 1.36. The zero-order valence-corrected chi connectivity index (χ0v) is 12.4. The van der Waals surface area contributed by atoms with Crippen molar-refractivity contribution in [1.29, 1.82) is 0 Å². The monoisotopic (exact) mass is 291 g/mol. The van der Waals surface area contributed by atoms with Crippen molar-refractivity contribution >= 4 is 0 Å². The Morgan fingerprint density at radius 2 is 1.57 bits per heavy atom. The average Bonchev–Trinajstić information content (AvgIpc) is 2.47. The molecule has 0 aliphatic rings. The van der Waals surface area contributed by atoms with E-state index in [4.69, 9.17) is 10.5 Å². The number of methoxy groups -OCH3 is 1. The molecule has 0 saturated carbocycles. The number of benzene rings is 2. The Morgan fingerprint density at radius 3 is 2.05 bits per heavy atom. The van der Waals surface area contributed by atoms with Crippen LogP contribution in [0.25, 0.3) is 0 Å². The zero-order valence-electron chi connectivity index (χ0n) is 12.4. The lowest BCUT2D eigenvalue weighted by Crippen LogP contribution is -2.34. The van der Waals surface area contributed by atoms with E-state index in [1.54, 1.807) is 0 Å². The summed E-state index contributed by atoms with van der Waals surface area (Å²) in [5, 5.41) is 0. The molecule has 2 aromatic rings. The summed E-state index contributed by atoms with van der Waals surface area (Å²) in [4.78, 5) is 0. The first-order valence-electron chi connectivity index (χ1n) is 6.72. The van der Waals surface area contributed by atoms with Gasteiger partial charge in [-0.2, -0.15) is 0 Å². The third-order valence-electron chi connectivity index (χ3n) is 3.89. The average molecular weight is 291 g/mol. The topological polar surface area (TPSA) is 35.2 Å². The second-order valence-electron chi connectivity index (χ2n) is 5.57. The molecule has 0 bridgehead atoms. The minimum atomic E-state index is -0.814. The summed E-state index contributed by atoms with van der Waals surface area (Å²) in [6.45, 7) is 3.74. The summed E-state index contributed by atoms with van der Waals surface area (Å²) in [5.41, 5.74) is 6.37. The van der Waals surface area contributed by atoms with E-state index in [0.29, 0.717) is 0 Å². The van der Waals surface area contributed by atoms with Crippen LogP contribution in [-0.2, 0) is 5.41 Å². The molecule has 0 heterocycles. The van der Waals surface area contributed by atoms with Crippen LogP contribution >= 0.6 is 0 Å². The molecule has 0 aliphatic carbocycles. The van der Waals surface area contributed by atoms with Crippen molar-refractivity contribution in [3.63, 3.8) is 0 Å². The Hall–Kier alpha value is -1.94. The molecule has 4 heteroatoms. The molecule has 0 saturated heterocycles. The van der Waals surface area contributed by atoms with E-state index in [-0.39, 0.29) is 11.3 Å². The molecule has 112 valence electrons. The van der Waals surface area contributed by atoms with Gasteiger partial charge in [-0.25, -0.2) is 8.78 Å². The number of rotatable bonds is 4.